The molecule has 146 valence electrons. The number of nitrogens with zero attached hydrogens (tertiary/aromatic N) is 3. The van der Waals surface area contributed by atoms with Gasteiger partial charge < -0.3 is 15.0 Å². The quantitative estimate of drug-likeness (QED) is 0.634. The van der Waals surface area contributed by atoms with Crippen molar-refractivity contribution in [2.75, 3.05) is 29.9 Å². The lowest BCUT2D eigenvalue weighted by Gasteiger charge is -2.30. The van der Waals surface area contributed by atoms with Crippen LogP contribution in [0.25, 0.3) is 11.4 Å². The van der Waals surface area contributed by atoms with Gasteiger partial charge in [0.2, 0.25) is 0 Å². The number of aromatic nitrogens is 2. The zero-order chi connectivity index (χ0) is 20.2. The van der Waals surface area contributed by atoms with E-state index in [0.29, 0.717) is 47.5 Å². The molecule has 1 aliphatic rings. The normalized spacial score (nSPS) is 12.6. The molecule has 3 aromatic rings. The van der Waals surface area contributed by atoms with Crippen molar-refractivity contribution >= 4 is 34.7 Å². The summed E-state index contributed by atoms with van der Waals surface area (Å²) in [5, 5.41) is 3.46. The van der Waals surface area contributed by atoms with E-state index in [4.69, 9.17) is 16.3 Å². The lowest BCUT2D eigenvalue weighted by atomic mass is 10.1. The second-order valence-electron chi connectivity index (χ2n) is 6.32. The van der Waals surface area contributed by atoms with Crippen molar-refractivity contribution in [1.29, 1.82) is 0 Å². The van der Waals surface area contributed by atoms with Crippen molar-refractivity contribution < 1.29 is 13.9 Å². The van der Waals surface area contributed by atoms with Gasteiger partial charge in [-0.05, 0) is 36.4 Å². The fourth-order valence-electron chi connectivity index (χ4n) is 3.05. The molecule has 1 aliphatic heterocycles. The van der Waals surface area contributed by atoms with Gasteiger partial charge in [-0.2, -0.15) is 0 Å². The number of carbonyl (C=O) groups excluding carboxylic acids is 1. The molecule has 0 radical (unpaired) electrons. The number of anilines is 3. The van der Waals surface area contributed by atoms with Gasteiger partial charge >= 0.3 is 0 Å². The van der Waals surface area contributed by atoms with Crippen molar-refractivity contribution in [1.82, 2.24) is 9.97 Å². The van der Waals surface area contributed by atoms with Crippen LogP contribution in [0.5, 0.6) is 5.75 Å². The van der Waals surface area contributed by atoms with Crippen LogP contribution in [-0.4, -0.2) is 35.6 Å². The maximum atomic E-state index is 14.3. The predicted molar refractivity (Wildman–Crippen MR) is 110 cm³/mol. The Labute approximate surface area is 171 Å². The maximum absolute atomic E-state index is 14.3. The summed E-state index contributed by atoms with van der Waals surface area (Å²) in [6.07, 6.45) is 2.54. The summed E-state index contributed by atoms with van der Waals surface area (Å²) in [6.45, 7) is 1.59. The molecule has 1 N–H and O–H groups in total. The molecule has 29 heavy (non-hydrogen) atoms. The first-order chi connectivity index (χ1) is 14.1. The smallest absolute Gasteiger partial charge is 0.184 e. The Hall–Kier alpha value is -3.41. The molecule has 0 aliphatic carbocycles. The molecule has 0 bridgehead atoms. The third kappa shape index (κ3) is 4.21. The highest BCUT2D eigenvalue weighted by molar-refractivity contribution is 6.30. The van der Waals surface area contributed by atoms with Gasteiger partial charge in [-0.3, -0.25) is 0 Å². The van der Waals surface area contributed by atoms with Crippen LogP contribution in [0.3, 0.4) is 0 Å². The van der Waals surface area contributed by atoms with Gasteiger partial charge in [0.05, 0.1) is 18.4 Å². The number of hydrogen-bond acceptors (Lipinski definition) is 6. The third-order valence-electron chi connectivity index (χ3n) is 4.40. The minimum atomic E-state index is -0.576. The summed E-state index contributed by atoms with van der Waals surface area (Å²) in [4.78, 5) is 21.0. The number of nitrogens with one attached hydrogen (secondary N) is 1. The summed E-state index contributed by atoms with van der Waals surface area (Å²) in [5.74, 6) is 2.33. The Bertz CT molecular complexity index is 1100. The molecule has 4 rings (SSSR count). The average Bonchev–Trinajstić information content (AvgIpc) is 2.73. The second-order valence-corrected chi connectivity index (χ2v) is 6.76. The summed E-state index contributed by atoms with van der Waals surface area (Å²) in [7, 11) is 0. The predicted octanol–water partition coefficient (Wildman–Crippen LogP) is 4.27. The summed E-state index contributed by atoms with van der Waals surface area (Å²) in [6, 6.07) is 12.4. The van der Waals surface area contributed by atoms with Crippen LogP contribution in [0.15, 0.2) is 54.7 Å². The van der Waals surface area contributed by atoms with E-state index < -0.39 is 5.82 Å². The zero-order valence-corrected chi connectivity index (χ0v) is 16.0. The first kappa shape index (κ1) is 18.9. The molecule has 0 atom stereocenters. The number of rotatable bonds is 5. The Morgan fingerprint density at radius 2 is 2.21 bits per heavy atom. The molecular formula is C21H16ClFN4O2. The summed E-state index contributed by atoms with van der Waals surface area (Å²) >= 11 is 5.99. The van der Waals surface area contributed by atoms with Crippen molar-refractivity contribution in [3.8, 4) is 17.1 Å². The van der Waals surface area contributed by atoms with E-state index in [2.05, 4.69) is 15.3 Å². The van der Waals surface area contributed by atoms with Crippen LogP contribution >= 0.6 is 11.6 Å². The highest BCUT2D eigenvalue weighted by atomic mass is 35.5. The van der Waals surface area contributed by atoms with Gasteiger partial charge in [-0.1, -0.05) is 17.7 Å². The topological polar surface area (TPSA) is 67.4 Å². The van der Waals surface area contributed by atoms with Gasteiger partial charge in [-0.25, -0.2) is 19.2 Å². The Kier molecular flexibility index (Phi) is 5.42. The summed E-state index contributed by atoms with van der Waals surface area (Å²) in [5.41, 5.74) is 2.13. The second kappa shape index (κ2) is 8.31. The molecule has 0 saturated heterocycles. The van der Waals surface area contributed by atoms with Crippen molar-refractivity contribution in [2.24, 2.45) is 0 Å². The summed E-state index contributed by atoms with van der Waals surface area (Å²) < 4.78 is 19.9. The van der Waals surface area contributed by atoms with Crippen molar-refractivity contribution in [3.05, 3.63) is 65.6 Å². The number of halogens is 2. The van der Waals surface area contributed by atoms with Gasteiger partial charge in [0.25, 0.3) is 0 Å². The molecule has 0 amide bonds. The molecule has 0 spiro atoms. The fourth-order valence-corrected chi connectivity index (χ4v) is 3.24. The zero-order valence-electron chi connectivity index (χ0n) is 15.2. The fraction of sp³-hybridized carbons (Fsp3) is 0.143. The molecule has 0 fully saturated rings. The lowest BCUT2D eigenvalue weighted by molar-refractivity contribution is 0.309. The van der Waals surface area contributed by atoms with Gasteiger partial charge in [0.1, 0.15) is 18.3 Å². The van der Waals surface area contributed by atoms with E-state index in [1.54, 1.807) is 30.2 Å². The Morgan fingerprint density at radius 1 is 1.31 bits per heavy atom. The average molecular weight is 411 g/mol. The highest BCUT2D eigenvalue weighted by Crippen LogP contribution is 2.35. The van der Waals surface area contributed by atoms with E-state index in [0.717, 1.165) is 11.9 Å². The van der Waals surface area contributed by atoms with Crippen LogP contribution in [0.2, 0.25) is 5.02 Å². The lowest BCUT2D eigenvalue weighted by Crippen LogP contribution is -2.32. The molecule has 8 heteroatoms. The minimum absolute atomic E-state index is 0.0481. The molecule has 2 aromatic carbocycles. The SMILES string of the molecule is O=C=CCN1CCOc2ccc(-c3ncc(F)c(Nc4cccc(Cl)c4)n3)cc21. The van der Waals surface area contributed by atoms with E-state index in [1.807, 2.05) is 23.1 Å². The van der Waals surface area contributed by atoms with Gasteiger partial charge in [0, 0.05) is 28.9 Å². The standard InChI is InChI=1S/C21H16ClFN4O2/c22-15-3-1-4-16(12-15)25-21-17(23)13-24-20(26-21)14-5-6-19-18(11-14)27(7-2-9-28)8-10-29-19/h1-6,11-13H,7-8,10H2,(H,24,25,26). The minimum Gasteiger partial charge on any atom is -0.490 e. The largest absolute Gasteiger partial charge is 0.490 e. The van der Waals surface area contributed by atoms with Crippen molar-refractivity contribution in [3.63, 3.8) is 0 Å². The third-order valence-corrected chi connectivity index (χ3v) is 4.64. The Balaban J connectivity index is 1.67. The first-order valence-electron chi connectivity index (χ1n) is 8.90. The molecule has 1 aromatic heterocycles. The van der Waals surface area contributed by atoms with Crippen LogP contribution in [-0.2, 0) is 4.79 Å². The number of hydrogen-bond donors (Lipinski definition) is 1. The number of fused-ring (bicyclic) bond motifs is 1. The van der Waals surface area contributed by atoms with Crippen LogP contribution in [0.4, 0.5) is 21.6 Å². The van der Waals surface area contributed by atoms with Crippen LogP contribution < -0.4 is 15.0 Å². The molecule has 0 saturated carbocycles. The highest BCUT2D eigenvalue weighted by Gasteiger charge is 2.19. The van der Waals surface area contributed by atoms with Crippen LogP contribution in [0, 0.1) is 5.82 Å². The molecule has 6 nitrogen and oxygen atoms in total. The monoisotopic (exact) mass is 410 g/mol. The van der Waals surface area contributed by atoms with Crippen LogP contribution in [0.1, 0.15) is 0 Å². The van der Waals surface area contributed by atoms with E-state index in [-0.39, 0.29) is 5.82 Å². The molecule has 2 heterocycles. The van der Waals surface area contributed by atoms with E-state index in [1.165, 1.54) is 6.08 Å². The number of ether oxygens (including phenoxy) is 1. The maximum Gasteiger partial charge on any atom is 0.184 e. The van der Waals surface area contributed by atoms with E-state index in [9.17, 15) is 9.18 Å². The van der Waals surface area contributed by atoms with Gasteiger partial charge in [-0.15, -0.1) is 0 Å². The molecular weight excluding hydrogens is 395 g/mol. The van der Waals surface area contributed by atoms with E-state index >= 15 is 0 Å². The first-order valence-corrected chi connectivity index (χ1v) is 9.28. The number of benzene rings is 2. The van der Waals surface area contributed by atoms with Gasteiger partial charge in [0.15, 0.2) is 17.5 Å². The Morgan fingerprint density at radius 3 is 3.03 bits per heavy atom. The molecule has 0 unspecified atom stereocenters. The van der Waals surface area contributed by atoms with Crippen molar-refractivity contribution in [2.45, 2.75) is 0 Å².